The Hall–Kier alpha value is -4.12. The van der Waals surface area contributed by atoms with Gasteiger partial charge in [-0.3, -0.25) is 0 Å². The normalized spacial score (nSPS) is 15.4. The highest BCUT2D eigenvalue weighted by Gasteiger charge is 2.57. The minimum atomic E-state index is -3.02. The van der Waals surface area contributed by atoms with E-state index in [2.05, 4.69) is 224 Å². The maximum atomic E-state index is 2.62. The number of rotatable bonds is 8. The zero-order valence-electron chi connectivity index (χ0n) is 36.4. The first kappa shape index (κ1) is 39.7. The van der Waals surface area contributed by atoms with Crippen LogP contribution in [0.15, 0.2) is 146 Å². The van der Waals surface area contributed by atoms with E-state index in [9.17, 15) is 0 Å². The largest absolute Gasteiger partial charge is 0.183 e. The molecule has 0 saturated carbocycles. The summed E-state index contributed by atoms with van der Waals surface area (Å²) >= 11 is 0. The van der Waals surface area contributed by atoms with Gasteiger partial charge in [0.2, 0.25) is 0 Å². The second-order valence-electron chi connectivity index (χ2n) is 20.7. The van der Waals surface area contributed by atoms with Gasteiger partial charge in [0.25, 0.3) is 0 Å². The molecule has 6 aromatic carbocycles. The fourth-order valence-electron chi connectivity index (χ4n) is 9.39. The predicted octanol–water partition coefficient (Wildman–Crippen LogP) is 10.7. The van der Waals surface area contributed by atoms with E-state index in [1.54, 1.807) is 10.4 Å². The molecule has 288 valence electrons. The Bertz CT molecular complexity index is 2430. The third-order valence-electron chi connectivity index (χ3n) is 12.5. The molecule has 5 heteroatoms. The average molecular weight is 825 g/mol. The molecule has 2 heterocycles. The van der Waals surface area contributed by atoms with Crippen LogP contribution in [-0.2, 0) is 0 Å². The lowest BCUT2D eigenvalue weighted by Crippen LogP contribution is -2.57. The third kappa shape index (κ3) is 6.79. The van der Waals surface area contributed by atoms with E-state index in [0.717, 1.165) is 0 Å². The minimum absolute atomic E-state index is 1.36. The molecule has 0 radical (unpaired) electrons. The van der Waals surface area contributed by atoms with Crippen molar-refractivity contribution in [2.75, 3.05) is 0 Å². The lowest BCUT2D eigenvalue weighted by molar-refractivity contribution is 1.58. The zero-order chi connectivity index (χ0) is 40.7. The molecule has 0 nitrogen and oxygen atoms in total. The summed E-state index contributed by atoms with van der Waals surface area (Å²) in [4.78, 5) is 0. The summed E-state index contributed by atoms with van der Waals surface area (Å²) in [6, 6.07) is 58.4. The highest BCUT2D eigenvalue weighted by atomic mass is 28.3. The van der Waals surface area contributed by atoms with Crippen LogP contribution in [0.25, 0.3) is 32.7 Å². The second kappa shape index (κ2) is 14.0. The monoisotopic (exact) mass is 824 g/mol. The molecular formula is C52H60Si5. The van der Waals surface area contributed by atoms with Gasteiger partial charge in [-0.1, -0.05) is 245 Å². The zero-order valence-corrected chi connectivity index (χ0v) is 41.4. The maximum absolute atomic E-state index is 3.02. The van der Waals surface area contributed by atoms with E-state index in [1.165, 1.54) is 75.6 Å². The summed E-state index contributed by atoms with van der Waals surface area (Å²) in [5.41, 5.74) is 11.2. The van der Waals surface area contributed by atoms with Crippen molar-refractivity contribution >= 4 is 93.0 Å². The van der Waals surface area contributed by atoms with Crippen molar-refractivity contribution in [2.45, 2.75) is 78.6 Å². The summed E-state index contributed by atoms with van der Waals surface area (Å²) in [5, 5.41) is 12.2. The van der Waals surface area contributed by atoms with Crippen LogP contribution < -0.4 is 31.1 Å². The number of benzene rings is 6. The Kier molecular flexibility index (Phi) is 9.77. The van der Waals surface area contributed by atoms with Crippen LogP contribution in [0.5, 0.6) is 0 Å². The van der Waals surface area contributed by atoms with Crippen LogP contribution >= 0.6 is 0 Å². The van der Waals surface area contributed by atoms with Gasteiger partial charge in [-0.05, 0) is 65.3 Å². The molecule has 2 aliphatic heterocycles. The van der Waals surface area contributed by atoms with Crippen LogP contribution in [0.1, 0.15) is 22.3 Å². The predicted molar refractivity (Wildman–Crippen MR) is 268 cm³/mol. The van der Waals surface area contributed by atoms with Gasteiger partial charge in [0.15, 0.2) is 8.07 Å². The second-order valence-corrected chi connectivity index (χ2v) is 44.6. The SMILES string of the molecule is C[Si](C)(C)c1cccc(C2=C(c3cccc([Si](C)(C)C)c3)[Si]3(C(c4cccc([Si](C)(C)C)c4)=C2c2cccc([Si](C)(C)C)c2)c2ccccc2-c2ccccc23)c1. The Morgan fingerprint density at radius 2 is 0.579 bits per heavy atom. The van der Waals surface area contributed by atoms with Gasteiger partial charge >= 0.3 is 0 Å². The van der Waals surface area contributed by atoms with Gasteiger partial charge in [-0.15, -0.1) is 0 Å². The quantitative estimate of drug-likeness (QED) is 0.134. The molecule has 0 atom stereocenters. The minimum Gasteiger partial charge on any atom is -0.0656 e. The Morgan fingerprint density at radius 3 is 0.895 bits per heavy atom. The van der Waals surface area contributed by atoms with E-state index in [1.807, 2.05) is 0 Å². The first-order valence-corrected chi connectivity index (χ1v) is 36.9. The topological polar surface area (TPSA) is 0 Å². The molecular weight excluding hydrogens is 765 g/mol. The van der Waals surface area contributed by atoms with Crippen molar-refractivity contribution in [3.05, 3.63) is 168 Å². The van der Waals surface area contributed by atoms with Crippen LogP contribution in [0.4, 0.5) is 0 Å². The van der Waals surface area contributed by atoms with E-state index in [-0.39, 0.29) is 0 Å². The van der Waals surface area contributed by atoms with Gasteiger partial charge in [0.1, 0.15) is 0 Å². The molecule has 1 spiro atoms. The van der Waals surface area contributed by atoms with Crippen molar-refractivity contribution in [1.82, 2.24) is 0 Å². The van der Waals surface area contributed by atoms with Gasteiger partial charge in [0.05, 0.1) is 32.3 Å². The summed E-state index contributed by atoms with van der Waals surface area (Å²) in [6.07, 6.45) is 0. The molecule has 2 aliphatic rings. The standard InChI is InChI=1S/C52H60Si5/c1-53(2,3)41-25-17-21-37(33-41)49-50(38-22-18-26-42(34-38)54(4,5)6)52(40-24-20-28-44(36-40)56(10,11)12)57(51(49)39-23-19-27-43(35-39)55(7,8)9)47-31-15-13-29-45(47)46-30-14-16-32-48(46)57/h13-36H,1-12H3. The van der Waals surface area contributed by atoms with E-state index < -0.39 is 40.4 Å². The lowest BCUT2D eigenvalue weighted by Gasteiger charge is -2.34. The third-order valence-corrected chi connectivity index (χ3v) is 25.8. The Morgan fingerprint density at radius 1 is 0.298 bits per heavy atom. The van der Waals surface area contributed by atoms with Gasteiger partial charge < -0.3 is 0 Å². The van der Waals surface area contributed by atoms with Crippen LogP contribution in [0, 0.1) is 0 Å². The summed E-state index contributed by atoms with van der Waals surface area (Å²) < 4.78 is 0. The Balaban J connectivity index is 1.68. The van der Waals surface area contributed by atoms with Crippen molar-refractivity contribution < 1.29 is 0 Å². The van der Waals surface area contributed by atoms with Crippen molar-refractivity contribution in [2.24, 2.45) is 0 Å². The molecule has 0 aromatic heterocycles. The van der Waals surface area contributed by atoms with Gasteiger partial charge in [0, 0.05) is 0 Å². The van der Waals surface area contributed by atoms with Crippen molar-refractivity contribution in [3.8, 4) is 11.1 Å². The number of allylic oxidation sites excluding steroid dienone is 2. The first-order chi connectivity index (χ1) is 26.8. The van der Waals surface area contributed by atoms with Crippen molar-refractivity contribution in [1.29, 1.82) is 0 Å². The lowest BCUT2D eigenvalue weighted by atomic mass is 9.89. The molecule has 0 unspecified atom stereocenters. The fourth-order valence-corrected chi connectivity index (χ4v) is 20.1. The summed E-state index contributed by atoms with van der Waals surface area (Å²) in [7, 11) is -9.69. The highest BCUT2D eigenvalue weighted by molar-refractivity contribution is 7.31. The molecule has 0 fully saturated rings. The average Bonchev–Trinajstić information content (AvgIpc) is 3.64. The number of hydrogen-bond donors (Lipinski definition) is 0. The van der Waals surface area contributed by atoms with Gasteiger partial charge in [-0.2, -0.15) is 0 Å². The molecule has 8 rings (SSSR count). The molecule has 0 bridgehead atoms. The first-order valence-electron chi connectivity index (χ1n) is 20.9. The smallest absolute Gasteiger partial charge is 0.0656 e. The molecule has 6 aromatic rings. The van der Waals surface area contributed by atoms with Crippen LogP contribution in [0.2, 0.25) is 78.6 Å². The molecule has 0 amide bonds. The van der Waals surface area contributed by atoms with E-state index >= 15 is 0 Å². The number of fused-ring (bicyclic) bond motifs is 5. The fraction of sp³-hybridized carbons (Fsp3) is 0.231. The molecule has 0 aliphatic carbocycles. The summed E-state index contributed by atoms with van der Waals surface area (Å²) in [5.74, 6) is 0. The van der Waals surface area contributed by atoms with Crippen molar-refractivity contribution in [3.63, 3.8) is 0 Å². The molecule has 57 heavy (non-hydrogen) atoms. The van der Waals surface area contributed by atoms with Crippen LogP contribution in [-0.4, -0.2) is 40.4 Å². The van der Waals surface area contributed by atoms with Crippen LogP contribution in [0.3, 0.4) is 0 Å². The Labute approximate surface area is 348 Å². The summed E-state index contributed by atoms with van der Waals surface area (Å²) in [6.45, 7) is 30.0. The molecule has 0 N–H and O–H groups in total. The van der Waals surface area contributed by atoms with E-state index in [4.69, 9.17) is 0 Å². The van der Waals surface area contributed by atoms with E-state index in [0.29, 0.717) is 0 Å². The maximum Gasteiger partial charge on any atom is 0.183 e. The highest BCUT2D eigenvalue weighted by Crippen LogP contribution is 2.57. The molecule has 0 saturated heterocycles. The number of hydrogen-bond acceptors (Lipinski definition) is 0. The van der Waals surface area contributed by atoms with Gasteiger partial charge in [-0.25, -0.2) is 0 Å².